The number of hydrogen-bond acceptors (Lipinski definition) is 3. The van der Waals surface area contributed by atoms with Gasteiger partial charge in [-0.3, -0.25) is 4.79 Å². The maximum Gasteiger partial charge on any atom is 0.228 e. The maximum absolute atomic E-state index is 12.2. The summed E-state index contributed by atoms with van der Waals surface area (Å²) in [6.07, 6.45) is 1.07. The molecule has 5 heteroatoms. The Hall–Kier alpha value is -1.26. The lowest BCUT2D eigenvalue weighted by atomic mass is 9.98. The van der Waals surface area contributed by atoms with Crippen molar-refractivity contribution in [2.24, 2.45) is 5.92 Å². The largest absolute Gasteiger partial charge is 0.497 e. The van der Waals surface area contributed by atoms with Crippen LogP contribution in [-0.4, -0.2) is 44.1 Å². The van der Waals surface area contributed by atoms with E-state index in [-0.39, 0.29) is 18.3 Å². The molecular weight excluding hydrogens is 276 g/mol. The summed E-state index contributed by atoms with van der Waals surface area (Å²) in [7, 11) is 1.68. The predicted octanol–water partition coefficient (Wildman–Crippen LogP) is 1.65. The van der Waals surface area contributed by atoms with E-state index in [1.807, 2.05) is 17.0 Å². The van der Waals surface area contributed by atoms with Crippen LogP contribution in [-0.2, 0) is 4.79 Å². The molecule has 0 radical (unpaired) electrons. The van der Waals surface area contributed by atoms with Gasteiger partial charge in [0.25, 0.3) is 0 Å². The highest BCUT2D eigenvalue weighted by Gasteiger charge is 2.33. The lowest BCUT2D eigenvalue weighted by Gasteiger charge is -2.30. The first-order valence-corrected chi connectivity index (χ1v) is 6.91. The monoisotopic (exact) mass is 296 g/mol. The van der Waals surface area contributed by atoms with Gasteiger partial charge in [-0.05, 0) is 24.1 Å². The topological polar surface area (TPSA) is 41.6 Å². The summed E-state index contributed by atoms with van der Waals surface area (Å²) in [5.41, 5.74) is 1.31. The second kappa shape index (κ2) is 6.46. The van der Waals surface area contributed by atoms with Crippen LogP contribution in [0.25, 0.3) is 0 Å². The molecule has 4 nitrogen and oxygen atoms in total. The SMILES string of the molecule is COc1ccc(C2CCN(C(=O)C3CNC3)C2)cc1.Cl. The number of benzene rings is 1. The van der Waals surface area contributed by atoms with Gasteiger partial charge in [0.05, 0.1) is 13.0 Å². The molecule has 2 saturated heterocycles. The fraction of sp³-hybridized carbons (Fsp3) is 0.533. The van der Waals surface area contributed by atoms with Crippen LogP contribution in [0, 0.1) is 5.92 Å². The molecule has 0 bridgehead atoms. The first-order valence-electron chi connectivity index (χ1n) is 6.91. The molecule has 2 heterocycles. The molecule has 1 N–H and O–H groups in total. The Morgan fingerprint density at radius 2 is 2.00 bits per heavy atom. The molecule has 20 heavy (non-hydrogen) atoms. The number of carbonyl (C=O) groups is 1. The number of ether oxygens (including phenoxy) is 1. The number of halogens is 1. The van der Waals surface area contributed by atoms with Gasteiger partial charge in [0.15, 0.2) is 0 Å². The standard InChI is InChI=1S/C15H20N2O2.ClH/c1-19-14-4-2-11(3-5-14)12-6-7-17(10-12)15(18)13-8-16-9-13;/h2-5,12-13,16H,6-10H2,1H3;1H. The summed E-state index contributed by atoms with van der Waals surface area (Å²) in [5.74, 6) is 1.91. The Bertz CT molecular complexity index is 459. The lowest BCUT2D eigenvalue weighted by Crippen LogP contribution is -2.51. The summed E-state index contributed by atoms with van der Waals surface area (Å²) < 4.78 is 5.17. The van der Waals surface area contributed by atoms with Crippen LogP contribution >= 0.6 is 12.4 Å². The fourth-order valence-corrected chi connectivity index (χ4v) is 2.83. The van der Waals surface area contributed by atoms with Gasteiger partial charge in [-0.1, -0.05) is 12.1 Å². The number of methoxy groups -OCH3 is 1. The van der Waals surface area contributed by atoms with Gasteiger partial charge in [-0.2, -0.15) is 0 Å². The average molecular weight is 297 g/mol. The van der Waals surface area contributed by atoms with E-state index in [1.165, 1.54) is 5.56 Å². The Balaban J connectivity index is 0.00000147. The van der Waals surface area contributed by atoms with Crippen molar-refractivity contribution in [3.8, 4) is 5.75 Å². The van der Waals surface area contributed by atoms with Crippen LogP contribution in [0.5, 0.6) is 5.75 Å². The quantitative estimate of drug-likeness (QED) is 0.922. The molecule has 0 aliphatic carbocycles. The second-order valence-corrected chi connectivity index (χ2v) is 5.40. The van der Waals surface area contributed by atoms with Crippen LogP contribution in [0.15, 0.2) is 24.3 Å². The number of nitrogens with zero attached hydrogens (tertiary/aromatic N) is 1. The lowest BCUT2D eigenvalue weighted by molar-refractivity contribution is -0.136. The third-order valence-corrected chi connectivity index (χ3v) is 4.22. The van der Waals surface area contributed by atoms with Gasteiger partial charge in [0.2, 0.25) is 5.91 Å². The van der Waals surface area contributed by atoms with Crippen LogP contribution in [0.2, 0.25) is 0 Å². The number of hydrogen-bond donors (Lipinski definition) is 1. The second-order valence-electron chi connectivity index (χ2n) is 5.40. The molecule has 1 aromatic rings. The van der Waals surface area contributed by atoms with Gasteiger partial charge in [-0.25, -0.2) is 0 Å². The molecule has 2 fully saturated rings. The first-order chi connectivity index (χ1) is 9.28. The first kappa shape index (κ1) is 15.1. The molecule has 1 aromatic carbocycles. The van der Waals surface area contributed by atoms with E-state index in [0.29, 0.717) is 11.8 Å². The van der Waals surface area contributed by atoms with E-state index in [1.54, 1.807) is 7.11 Å². The highest BCUT2D eigenvalue weighted by molar-refractivity contribution is 5.85. The third kappa shape index (κ3) is 2.91. The van der Waals surface area contributed by atoms with Crippen LogP contribution in [0.3, 0.4) is 0 Å². The zero-order valence-corrected chi connectivity index (χ0v) is 12.5. The van der Waals surface area contributed by atoms with Crippen molar-refractivity contribution in [3.05, 3.63) is 29.8 Å². The average Bonchev–Trinajstić information content (AvgIpc) is 2.86. The van der Waals surface area contributed by atoms with Gasteiger partial charge in [0, 0.05) is 32.1 Å². The smallest absolute Gasteiger partial charge is 0.228 e. The Kier molecular flexibility index (Phi) is 4.89. The molecule has 0 spiro atoms. The minimum Gasteiger partial charge on any atom is -0.497 e. The molecule has 3 rings (SSSR count). The third-order valence-electron chi connectivity index (χ3n) is 4.22. The van der Waals surface area contributed by atoms with E-state index in [9.17, 15) is 4.79 Å². The highest BCUT2D eigenvalue weighted by Crippen LogP contribution is 2.29. The van der Waals surface area contributed by atoms with Crippen molar-refractivity contribution in [3.63, 3.8) is 0 Å². The van der Waals surface area contributed by atoms with Crippen molar-refractivity contribution in [1.29, 1.82) is 0 Å². The van der Waals surface area contributed by atoms with E-state index in [0.717, 1.165) is 38.3 Å². The summed E-state index contributed by atoms with van der Waals surface area (Å²) in [6, 6.07) is 8.22. The van der Waals surface area contributed by atoms with Gasteiger partial charge in [-0.15, -0.1) is 12.4 Å². The number of likely N-dealkylation sites (tertiary alicyclic amines) is 1. The highest BCUT2D eigenvalue weighted by atomic mass is 35.5. The van der Waals surface area contributed by atoms with E-state index in [2.05, 4.69) is 17.4 Å². The molecule has 0 aromatic heterocycles. The molecule has 110 valence electrons. The fourth-order valence-electron chi connectivity index (χ4n) is 2.83. The molecular formula is C15H21ClN2O2. The molecule has 2 aliphatic rings. The number of nitrogens with one attached hydrogen (secondary N) is 1. The van der Waals surface area contributed by atoms with Crippen LogP contribution in [0.4, 0.5) is 0 Å². The van der Waals surface area contributed by atoms with E-state index >= 15 is 0 Å². The zero-order chi connectivity index (χ0) is 13.2. The van der Waals surface area contributed by atoms with Crippen LogP contribution < -0.4 is 10.1 Å². The van der Waals surface area contributed by atoms with Crippen molar-refractivity contribution in [1.82, 2.24) is 10.2 Å². The number of carbonyl (C=O) groups excluding carboxylic acids is 1. The van der Waals surface area contributed by atoms with Gasteiger partial charge >= 0.3 is 0 Å². The Morgan fingerprint density at radius 3 is 2.55 bits per heavy atom. The molecule has 0 saturated carbocycles. The number of amides is 1. The summed E-state index contributed by atoms with van der Waals surface area (Å²) in [4.78, 5) is 14.2. The van der Waals surface area contributed by atoms with Crippen molar-refractivity contribution >= 4 is 18.3 Å². The number of rotatable bonds is 3. The zero-order valence-electron chi connectivity index (χ0n) is 11.7. The van der Waals surface area contributed by atoms with Gasteiger partial charge in [0.1, 0.15) is 5.75 Å². The minimum atomic E-state index is 0. The molecule has 1 unspecified atom stereocenters. The predicted molar refractivity (Wildman–Crippen MR) is 80.5 cm³/mol. The van der Waals surface area contributed by atoms with Crippen molar-refractivity contribution in [2.45, 2.75) is 12.3 Å². The van der Waals surface area contributed by atoms with E-state index in [4.69, 9.17) is 4.74 Å². The van der Waals surface area contributed by atoms with Crippen LogP contribution in [0.1, 0.15) is 17.9 Å². The summed E-state index contributed by atoms with van der Waals surface area (Å²) in [5, 5.41) is 3.16. The Morgan fingerprint density at radius 1 is 1.30 bits per heavy atom. The maximum atomic E-state index is 12.2. The normalized spacial score (nSPS) is 22.1. The molecule has 1 amide bonds. The summed E-state index contributed by atoms with van der Waals surface area (Å²) >= 11 is 0. The van der Waals surface area contributed by atoms with Gasteiger partial charge < -0.3 is 15.0 Å². The molecule has 2 aliphatic heterocycles. The van der Waals surface area contributed by atoms with Crippen molar-refractivity contribution in [2.75, 3.05) is 33.3 Å². The summed E-state index contributed by atoms with van der Waals surface area (Å²) in [6.45, 7) is 3.46. The van der Waals surface area contributed by atoms with Crippen molar-refractivity contribution < 1.29 is 9.53 Å². The molecule has 1 atom stereocenters. The van der Waals surface area contributed by atoms with E-state index < -0.39 is 0 Å². The Labute approximate surface area is 125 Å². The minimum absolute atomic E-state index is 0.